The van der Waals surface area contributed by atoms with Gasteiger partial charge in [0, 0.05) is 13.0 Å². The molecule has 0 unspecified atom stereocenters. The first-order valence-electron chi connectivity index (χ1n) is 3.95. The molecular formula is C8H15ClO2. The lowest BCUT2D eigenvalue weighted by molar-refractivity contribution is -0.115. The van der Waals surface area contributed by atoms with Crippen molar-refractivity contribution in [3.8, 4) is 0 Å². The predicted molar refractivity (Wildman–Crippen MR) is 45.6 cm³/mol. The molecule has 0 bridgehead atoms. The van der Waals surface area contributed by atoms with Crippen LogP contribution in [-0.2, 0) is 4.79 Å². The zero-order valence-corrected chi connectivity index (χ0v) is 7.60. The number of carbonyl (C=O) groups excluding carboxylic acids is 1. The fraction of sp³-hybridized carbons (Fsp3) is 0.875. The van der Waals surface area contributed by atoms with Crippen LogP contribution in [-0.4, -0.2) is 17.5 Å². The Morgan fingerprint density at radius 2 is 1.73 bits per heavy atom. The van der Waals surface area contributed by atoms with Gasteiger partial charge in [-0.1, -0.05) is 19.3 Å². The molecule has 0 radical (unpaired) electrons. The lowest BCUT2D eigenvalue weighted by Gasteiger charge is -2.16. The van der Waals surface area contributed by atoms with Crippen molar-refractivity contribution in [2.45, 2.75) is 32.1 Å². The van der Waals surface area contributed by atoms with Gasteiger partial charge in [-0.15, -0.1) is 0 Å². The van der Waals surface area contributed by atoms with Crippen LogP contribution < -0.4 is 0 Å². The molecule has 1 aliphatic rings. The summed E-state index contributed by atoms with van der Waals surface area (Å²) in [4.78, 5) is 10.6. The highest BCUT2D eigenvalue weighted by Gasteiger charge is 2.18. The molecule has 1 saturated carbocycles. The Labute approximate surface area is 72.6 Å². The largest absolute Gasteiger partial charge is 0.400 e. The molecule has 1 rings (SSSR count). The maximum absolute atomic E-state index is 10.6. The van der Waals surface area contributed by atoms with E-state index in [1.807, 2.05) is 0 Å². The second-order valence-corrected chi connectivity index (χ2v) is 3.01. The van der Waals surface area contributed by atoms with Crippen LogP contribution in [0.2, 0.25) is 0 Å². The molecule has 3 heteroatoms. The van der Waals surface area contributed by atoms with E-state index in [2.05, 4.69) is 0 Å². The molecule has 1 N–H and O–H groups in total. The highest BCUT2D eigenvalue weighted by Crippen LogP contribution is 2.24. The van der Waals surface area contributed by atoms with Crippen LogP contribution in [0.5, 0.6) is 0 Å². The van der Waals surface area contributed by atoms with E-state index in [4.69, 9.17) is 16.7 Å². The average molecular weight is 179 g/mol. The zero-order chi connectivity index (χ0) is 8.69. The van der Waals surface area contributed by atoms with Crippen molar-refractivity contribution in [1.29, 1.82) is 0 Å². The third-order valence-corrected chi connectivity index (χ3v) is 2.23. The van der Waals surface area contributed by atoms with Crippen molar-refractivity contribution in [3.63, 3.8) is 0 Å². The van der Waals surface area contributed by atoms with Crippen molar-refractivity contribution in [3.05, 3.63) is 0 Å². The standard InChI is InChI=1S/C7H11ClO.CH4O/c8-7(9)6-4-2-1-3-5-6;1-2/h6H,1-5H2;2H,1H3. The first kappa shape index (κ1) is 10.9. The SMILES string of the molecule is CO.O=C(Cl)C1CCCCC1. The van der Waals surface area contributed by atoms with Gasteiger partial charge in [-0.3, -0.25) is 4.79 Å². The summed E-state index contributed by atoms with van der Waals surface area (Å²) in [6, 6.07) is 0. The van der Waals surface area contributed by atoms with E-state index in [1.165, 1.54) is 19.3 Å². The first-order valence-corrected chi connectivity index (χ1v) is 4.32. The third-order valence-electron chi connectivity index (χ3n) is 1.93. The van der Waals surface area contributed by atoms with Crippen LogP contribution in [0.4, 0.5) is 0 Å². The first-order chi connectivity index (χ1) is 5.30. The fourth-order valence-corrected chi connectivity index (χ4v) is 1.55. The molecule has 0 aromatic rings. The predicted octanol–water partition coefficient (Wildman–Crippen LogP) is 1.94. The lowest BCUT2D eigenvalue weighted by atomic mass is 9.90. The van der Waals surface area contributed by atoms with Gasteiger partial charge in [0.2, 0.25) is 5.24 Å². The van der Waals surface area contributed by atoms with Gasteiger partial charge < -0.3 is 5.11 Å². The van der Waals surface area contributed by atoms with Gasteiger partial charge in [0.15, 0.2) is 0 Å². The third kappa shape index (κ3) is 4.38. The zero-order valence-electron chi connectivity index (χ0n) is 6.85. The molecule has 0 atom stereocenters. The molecule has 0 aliphatic heterocycles. The highest BCUT2D eigenvalue weighted by atomic mass is 35.5. The van der Waals surface area contributed by atoms with Gasteiger partial charge in [0.05, 0.1) is 0 Å². The van der Waals surface area contributed by atoms with Crippen LogP contribution >= 0.6 is 11.6 Å². The van der Waals surface area contributed by atoms with Crippen LogP contribution in [0.25, 0.3) is 0 Å². The minimum Gasteiger partial charge on any atom is -0.400 e. The molecule has 0 spiro atoms. The number of hydrogen-bond donors (Lipinski definition) is 1. The summed E-state index contributed by atoms with van der Waals surface area (Å²) in [6.07, 6.45) is 5.68. The summed E-state index contributed by atoms with van der Waals surface area (Å²) in [6.45, 7) is 0. The molecule has 0 aromatic carbocycles. The molecule has 0 saturated heterocycles. The Morgan fingerprint density at radius 1 is 1.27 bits per heavy atom. The van der Waals surface area contributed by atoms with E-state index in [9.17, 15) is 4.79 Å². The molecule has 66 valence electrons. The van der Waals surface area contributed by atoms with Crippen LogP contribution in [0.3, 0.4) is 0 Å². The maximum Gasteiger partial charge on any atom is 0.224 e. The smallest absolute Gasteiger partial charge is 0.224 e. The Kier molecular flexibility index (Phi) is 6.57. The van der Waals surface area contributed by atoms with E-state index >= 15 is 0 Å². The van der Waals surface area contributed by atoms with Gasteiger partial charge >= 0.3 is 0 Å². The number of carbonyl (C=O) groups is 1. The molecule has 0 aromatic heterocycles. The van der Waals surface area contributed by atoms with E-state index in [-0.39, 0.29) is 11.2 Å². The Balaban J connectivity index is 0.000000461. The summed E-state index contributed by atoms with van der Waals surface area (Å²) < 4.78 is 0. The second-order valence-electron chi connectivity index (χ2n) is 2.64. The maximum atomic E-state index is 10.6. The molecule has 0 amide bonds. The van der Waals surface area contributed by atoms with Crippen LogP contribution in [0, 0.1) is 5.92 Å². The van der Waals surface area contributed by atoms with Crippen molar-refractivity contribution < 1.29 is 9.90 Å². The Morgan fingerprint density at radius 3 is 2.00 bits per heavy atom. The van der Waals surface area contributed by atoms with E-state index in [0.29, 0.717) is 0 Å². The lowest BCUT2D eigenvalue weighted by Crippen LogP contribution is -2.12. The average Bonchev–Trinajstić information content (AvgIpc) is 2.10. The minimum absolute atomic E-state index is 0.130. The van der Waals surface area contributed by atoms with E-state index < -0.39 is 0 Å². The van der Waals surface area contributed by atoms with Crippen molar-refractivity contribution in [1.82, 2.24) is 0 Å². The van der Waals surface area contributed by atoms with Crippen molar-refractivity contribution in [2.75, 3.05) is 7.11 Å². The number of halogens is 1. The normalized spacial score (nSPS) is 18.5. The number of aliphatic hydroxyl groups excluding tert-OH is 1. The minimum atomic E-state index is -0.130. The van der Waals surface area contributed by atoms with Gasteiger partial charge in [-0.05, 0) is 24.4 Å². The molecule has 1 fully saturated rings. The summed E-state index contributed by atoms with van der Waals surface area (Å²) >= 11 is 5.32. The molecular weight excluding hydrogens is 164 g/mol. The summed E-state index contributed by atoms with van der Waals surface area (Å²) in [5.41, 5.74) is 0. The molecule has 1 aliphatic carbocycles. The van der Waals surface area contributed by atoms with E-state index in [1.54, 1.807) is 0 Å². The van der Waals surface area contributed by atoms with Crippen LogP contribution in [0.15, 0.2) is 0 Å². The van der Waals surface area contributed by atoms with E-state index in [0.717, 1.165) is 20.0 Å². The van der Waals surface area contributed by atoms with Crippen molar-refractivity contribution in [2.24, 2.45) is 5.92 Å². The topological polar surface area (TPSA) is 37.3 Å². The number of rotatable bonds is 1. The fourth-order valence-electron chi connectivity index (χ4n) is 1.33. The summed E-state index contributed by atoms with van der Waals surface area (Å²) in [5, 5.41) is 6.87. The molecule has 0 heterocycles. The van der Waals surface area contributed by atoms with Crippen molar-refractivity contribution >= 4 is 16.8 Å². The Hall–Kier alpha value is -0.0800. The summed E-state index contributed by atoms with van der Waals surface area (Å²) in [5.74, 6) is 0.181. The number of hydrogen-bond acceptors (Lipinski definition) is 2. The van der Waals surface area contributed by atoms with Gasteiger partial charge in [-0.2, -0.15) is 0 Å². The second kappa shape index (κ2) is 6.62. The van der Waals surface area contributed by atoms with Gasteiger partial charge in [0.25, 0.3) is 0 Å². The van der Waals surface area contributed by atoms with Gasteiger partial charge in [-0.25, -0.2) is 0 Å². The van der Waals surface area contributed by atoms with Gasteiger partial charge in [0.1, 0.15) is 0 Å². The number of aliphatic hydroxyl groups is 1. The highest BCUT2D eigenvalue weighted by molar-refractivity contribution is 6.63. The van der Waals surface area contributed by atoms with Crippen LogP contribution in [0.1, 0.15) is 32.1 Å². The molecule has 2 nitrogen and oxygen atoms in total. The quantitative estimate of drug-likeness (QED) is 0.624. The summed E-state index contributed by atoms with van der Waals surface area (Å²) in [7, 11) is 1.00. The monoisotopic (exact) mass is 178 g/mol. The Bertz CT molecular complexity index is 109. The molecule has 11 heavy (non-hydrogen) atoms.